The lowest BCUT2D eigenvalue weighted by molar-refractivity contribution is -0.119. The molecule has 0 saturated heterocycles. The first-order chi connectivity index (χ1) is 4.68. The van der Waals surface area contributed by atoms with Gasteiger partial charge in [-0.05, 0) is 19.4 Å². The summed E-state index contributed by atoms with van der Waals surface area (Å²) >= 11 is 0. The zero-order valence-electron chi connectivity index (χ0n) is 5.97. The van der Waals surface area contributed by atoms with Crippen LogP contribution in [0.25, 0.3) is 0 Å². The fourth-order valence-corrected chi connectivity index (χ4v) is 0.635. The van der Waals surface area contributed by atoms with E-state index in [9.17, 15) is 4.79 Å². The molecule has 0 rings (SSSR count). The molecule has 0 aromatic carbocycles. The maximum atomic E-state index is 10.3. The van der Waals surface area contributed by atoms with Crippen molar-refractivity contribution in [2.45, 2.75) is 25.3 Å². The van der Waals surface area contributed by atoms with Gasteiger partial charge in [-0.25, -0.2) is 5.73 Å². The summed E-state index contributed by atoms with van der Waals surface area (Å²) in [7, 11) is 0. The first kappa shape index (κ1) is 9.39. The van der Waals surface area contributed by atoms with Crippen LogP contribution in [0, 0.1) is 0 Å². The maximum absolute atomic E-state index is 10.3. The summed E-state index contributed by atoms with van der Waals surface area (Å²) in [5, 5.41) is 0. The highest BCUT2D eigenvalue weighted by atomic mass is 16.1. The van der Waals surface area contributed by atoms with E-state index in [-0.39, 0.29) is 0 Å². The molecule has 4 heteroatoms. The summed E-state index contributed by atoms with van der Waals surface area (Å²) in [6, 6.07) is -0.744. The van der Waals surface area contributed by atoms with Gasteiger partial charge in [0, 0.05) is 0 Å². The molecular weight excluding hydrogens is 130 g/mol. The Labute approximate surface area is 60.7 Å². The van der Waals surface area contributed by atoms with Gasteiger partial charge in [-0.2, -0.15) is 0 Å². The molecule has 4 nitrogen and oxygen atoms in total. The number of rotatable bonds is 5. The quantitative estimate of drug-likeness (QED) is 0.497. The fourth-order valence-electron chi connectivity index (χ4n) is 0.635. The van der Waals surface area contributed by atoms with E-state index in [1.54, 1.807) is 0 Å². The molecule has 0 aliphatic rings. The van der Waals surface area contributed by atoms with Crippen LogP contribution in [-0.2, 0) is 4.79 Å². The Balaban J connectivity index is 3.21. The van der Waals surface area contributed by atoms with E-state index < -0.39 is 11.9 Å². The second kappa shape index (κ2) is 5.20. The van der Waals surface area contributed by atoms with Gasteiger partial charge in [-0.15, -0.1) is 0 Å². The average molecular weight is 144 g/mol. The minimum Gasteiger partial charge on any atom is -0.368 e. The van der Waals surface area contributed by atoms with Gasteiger partial charge in [0.05, 0.1) is 6.04 Å². The van der Waals surface area contributed by atoms with Gasteiger partial charge < -0.3 is 11.5 Å². The molecule has 0 aliphatic carbocycles. The third-order valence-electron chi connectivity index (χ3n) is 1.29. The summed E-state index contributed by atoms with van der Waals surface area (Å²) < 4.78 is 0. The number of amides is 1. The molecule has 10 heavy (non-hydrogen) atoms. The molecule has 1 amide bonds. The van der Waals surface area contributed by atoms with Crippen LogP contribution in [0.2, 0.25) is 0 Å². The summed E-state index contributed by atoms with van der Waals surface area (Å²) in [5.74, 6) is -0.544. The van der Waals surface area contributed by atoms with E-state index >= 15 is 0 Å². The van der Waals surface area contributed by atoms with Gasteiger partial charge in [0.15, 0.2) is 0 Å². The van der Waals surface area contributed by atoms with Gasteiger partial charge in [-0.3, -0.25) is 4.79 Å². The number of carbonyl (C=O) groups is 1. The summed E-state index contributed by atoms with van der Waals surface area (Å²) in [5.41, 5.74) is 17.2. The lowest BCUT2D eigenvalue weighted by atomic mass is 10.1. The van der Waals surface area contributed by atoms with Gasteiger partial charge in [0.2, 0.25) is 5.91 Å². The Hall–Kier alpha value is -0.610. The molecule has 0 saturated carbocycles. The predicted molar refractivity (Wildman–Crippen MR) is 39.0 cm³/mol. The second-order valence-electron chi connectivity index (χ2n) is 2.24. The van der Waals surface area contributed by atoms with Gasteiger partial charge in [0.25, 0.3) is 0 Å². The number of unbranched alkanes of at least 4 members (excludes halogenated alkanes) is 1. The molecule has 1 atom stereocenters. The van der Waals surface area contributed by atoms with Gasteiger partial charge in [-0.1, -0.05) is 6.42 Å². The maximum Gasteiger partial charge on any atom is 0.235 e. The molecule has 0 aromatic heterocycles. The van der Waals surface area contributed by atoms with E-state index in [0.717, 1.165) is 12.8 Å². The summed E-state index contributed by atoms with van der Waals surface area (Å²) in [6.07, 6.45) is 2.21. The summed E-state index contributed by atoms with van der Waals surface area (Å²) in [6.45, 7) is 0.617. The minimum absolute atomic E-state index is 0.534. The standard InChI is InChI=1S/C6H14N3O/c7-4-2-1-3-5(8)6(9)10/h5,8H,1-4,7H2,(H2,9,10)/t5-/m0/s1. The van der Waals surface area contributed by atoms with Crippen molar-refractivity contribution >= 4 is 5.91 Å². The molecule has 5 N–H and O–H groups in total. The molecule has 59 valence electrons. The lowest BCUT2D eigenvalue weighted by Gasteiger charge is -2.03. The normalized spacial score (nSPS) is 13.0. The topological polar surface area (TPSA) is 92.9 Å². The first-order valence-corrected chi connectivity index (χ1v) is 3.39. The van der Waals surface area contributed by atoms with Crippen molar-refractivity contribution in [1.29, 1.82) is 0 Å². The highest BCUT2D eigenvalue weighted by Crippen LogP contribution is 1.97. The first-order valence-electron chi connectivity index (χ1n) is 3.39. The Kier molecular flexibility index (Phi) is 4.88. The smallest absolute Gasteiger partial charge is 0.235 e. The van der Waals surface area contributed by atoms with Crippen molar-refractivity contribution in [2.24, 2.45) is 11.5 Å². The van der Waals surface area contributed by atoms with E-state index in [0.29, 0.717) is 13.0 Å². The van der Waals surface area contributed by atoms with Crippen LogP contribution in [0.15, 0.2) is 0 Å². The molecular formula is C6H14N3O. The Morgan fingerprint density at radius 3 is 2.50 bits per heavy atom. The largest absolute Gasteiger partial charge is 0.368 e. The van der Waals surface area contributed by atoms with Crippen molar-refractivity contribution in [3.05, 3.63) is 0 Å². The van der Waals surface area contributed by atoms with Gasteiger partial charge in [0.1, 0.15) is 0 Å². The monoisotopic (exact) mass is 144 g/mol. The second-order valence-corrected chi connectivity index (χ2v) is 2.24. The molecule has 1 radical (unpaired) electrons. The zero-order valence-corrected chi connectivity index (χ0v) is 5.97. The van der Waals surface area contributed by atoms with Crippen LogP contribution >= 0.6 is 0 Å². The van der Waals surface area contributed by atoms with Crippen LogP contribution in [0.5, 0.6) is 0 Å². The summed E-state index contributed by atoms with van der Waals surface area (Å²) in [4.78, 5) is 10.3. The van der Waals surface area contributed by atoms with E-state index in [1.807, 2.05) is 0 Å². The Morgan fingerprint density at radius 2 is 2.10 bits per heavy atom. The van der Waals surface area contributed by atoms with Crippen molar-refractivity contribution < 1.29 is 4.79 Å². The highest BCUT2D eigenvalue weighted by Gasteiger charge is 2.07. The number of carbonyl (C=O) groups excluding carboxylic acids is 1. The number of primary amides is 1. The highest BCUT2D eigenvalue weighted by molar-refractivity contribution is 5.79. The average Bonchev–Trinajstić information content (AvgIpc) is 1.88. The molecule has 0 aromatic rings. The van der Waals surface area contributed by atoms with E-state index in [4.69, 9.17) is 17.2 Å². The van der Waals surface area contributed by atoms with E-state index in [2.05, 4.69) is 0 Å². The van der Waals surface area contributed by atoms with Crippen LogP contribution in [-0.4, -0.2) is 18.5 Å². The molecule has 0 bridgehead atoms. The van der Waals surface area contributed by atoms with Gasteiger partial charge >= 0.3 is 0 Å². The molecule has 0 spiro atoms. The number of hydrogen-bond acceptors (Lipinski definition) is 2. The lowest BCUT2D eigenvalue weighted by Crippen LogP contribution is -2.29. The Morgan fingerprint density at radius 1 is 1.50 bits per heavy atom. The fraction of sp³-hybridized carbons (Fsp3) is 0.833. The van der Waals surface area contributed by atoms with Crippen LogP contribution in [0.1, 0.15) is 19.3 Å². The molecule has 0 unspecified atom stereocenters. The number of hydrogen-bond donors (Lipinski definition) is 2. The minimum atomic E-state index is -0.744. The van der Waals surface area contributed by atoms with Crippen LogP contribution in [0.4, 0.5) is 0 Å². The van der Waals surface area contributed by atoms with E-state index in [1.165, 1.54) is 0 Å². The third kappa shape index (κ3) is 4.29. The number of nitrogens with one attached hydrogen (secondary N) is 1. The van der Waals surface area contributed by atoms with Crippen molar-refractivity contribution in [3.63, 3.8) is 0 Å². The molecule has 0 heterocycles. The van der Waals surface area contributed by atoms with Crippen molar-refractivity contribution in [2.75, 3.05) is 6.54 Å². The van der Waals surface area contributed by atoms with Crippen molar-refractivity contribution in [3.8, 4) is 0 Å². The van der Waals surface area contributed by atoms with Crippen molar-refractivity contribution in [1.82, 2.24) is 5.73 Å². The molecule has 0 aliphatic heterocycles. The zero-order chi connectivity index (χ0) is 7.98. The Bertz CT molecular complexity index is 105. The third-order valence-corrected chi connectivity index (χ3v) is 1.29. The van der Waals surface area contributed by atoms with Crippen LogP contribution < -0.4 is 17.2 Å². The predicted octanol–water partition coefficient (Wildman–Crippen LogP) is -0.748. The van der Waals surface area contributed by atoms with Crippen LogP contribution in [0.3, 0.4) is 0 Å². The SMILES string of the molecule is [NH][C@@H](CCCCN)C(N)=O. The molecule has 0 fully saturated rings. The number of nitrogens with two attached hydrogens (primary N) is 2.